The molecular formula is C30H24O4S. The second-order valence-electron chi connectivity index (χ2n) is 8.76. The van der Waals surface area contributed by atoms with E-state index in [0.717, 1.165) is 32.7 Å². The van der Waals surface area contributed by atoms with Crippen LogP contribution < -0.4 is 0 Å². The van der Waals surface area contributed by atoms with Crippen LogP contribution in [0.15, 0.2) is 85.0 Å². The van der Waals surface area contributed by atoms with E-state index < -0.39 is 0 Å². The predicted molar refractivity (Wildman–Crippen MR) is 144 cm³/mol. The highest BCUT2D eigenvalue weighted by Gasteiger charge is 2.14. The summed E-state index contributed by atoms with van der Waals surface area (Å²) >= 11 is 1.76. The van der Waals surface area contributed by atoms with E-state index in [1.807, 2.05) is 18.2 Å². The highest BCUT2D eigenvalue weighted by atomic mass is 32.1. The summed E-state index contributed by atoms with van der Waals surface area (Å²) in [5.41, 5.74) is 2.68. The summed E-state index contributed by atoms with van der Waals surface area (Å²) in [7, 11) is 0. The molecule has 0 aliphatic carbocycles. The number of carbonyl (C=O) groups excluding carboxylic acids is 2. The zero-order valence-corrected chi connectivity index (χ0v) is 20.5. The molecule has 174 valence electrons. The van der Waals surface area contributed by atoms with Gasteiger partial charge in [0.2, 0.25) is 0 Å². The Balaban J connectivity index is 1.58. The van der Waals surface area contributed by atoms with Crippen molar-refractivity contribution in [1.29, 1.82) is 0 Å². The lowest BCUT2D eigenvalue weighted by atomic mass is 9.99. The van der Waals surface area contributed by atoms with Crippen LogP contribution >= 0.6 is 11.3 Å². The Morgan fingerprint density at radius 3 is 2.20 bits per heavy atom. The zero-order chi connectivity index (χ0) is 24.7. The number of rotatable bonds is 6. The summed E-state index contributed by atoms with van der Waals surface area (Å²) < 4.78 is 13.1. The number of benzene rings is 4. The molecule has 0 aliphatic heterocycles. The molecular weight excluding hydrogens is 456 g/mol. The van der Waals surface area contributed by atoms with Crippen LogP contribution in [0.5, 0.6) is 0 Å². The first kappa shape index (κ1) is 22.8. The van der Waals surface area contributed by atoms with Gasteiger partial charge in [0.15, 0.2) is 0 Å². The van der Waals surface area contributed by atoms with Crippen LogP contribution in [0.25, 0.3) is 41.7 Å². The van der Waals surface area contributed by atoms with E-state index in [2.05, 4.69) is 55.6 Å². The molecule has 5 aromatic rings. The van der Waals surface area contributed by atoms with E-state index in [1.54, 1.807) is 25.2 Å². The summed E-state index contributed by atoms with van der Waals surface area (Å²) in [5, 5.41) is 6.89. The van der Waals surface area contributed by atoms with E-state index >= 15 is 0 Å². The molecule has 1 aromatic heterocycles. The van der Waals surface area contributed by atoms with Gasteiger partial charge in [-0.2, -0.15) is 0 Å². The smallest absolute Gasteiger partial charge is 0.333 e. The maximum absolute atomic E-state index is 11.9. The fourth-order valence-electron chi connectivity index (χ4n) is 4.29. The monoisotopic (exact) mass is 480 g/mol. The molecule has 35 heavy (non-hydrogen) atoms. The number of thiophene rings is 1. The number of hydrogen-bond donors (Lipinski definition) is 0. The van der Waals surface area contributed by atoms with Crippen LogP contribution in [0.3, 0.4) is 0 Å². The number of carbonyl (C=O) groups is 2. The first-order valence-corrected chi connectivity index (χ1v) is 12.1. The number of fused-ring (bicyclic) bond motifs is 7. The molecule has 5 rings (SSSR count). The van der Waals surface area contributed by atoms with Gasteiger partial charge in [-0.05, 0) is 58.7 Å². The van der Waals surface area contributed by atoms with E-state index in [-0.39, 0.29) is 25.2 Å². The Hall–Kier alpha value is -3.96. The highest BCUT2D eigenvalue weighted by Crippen LogP contribution is 2.42. The maximum Gasteiger partial charge on any atom is 0.333 e. The van der Waals surface area contributed by atoms with Gasteiger partial charge < -0.3 is 9.47 Å². The fourth-order valence-corrected chi connectivity index (χ4v) is 5.53. The Bertz CT molecular complexity index is 1690. The van der Waals surface area contributed by atoms with E-state index in [1.165, 1.54) is 20.2 Å². The molecule has 0 radical (unpaired) electrons. The SMILES string of the molecule is C=C(C)C(=O)OCc1ccc2c(ccc3sc4c5cccc(COC(=O)C(=C)C)c5ccc4c32)c1. The van der Waals surface area contributed by atoms with E-state index in [9.17, 15) is 9.59 Å². The molecule has 0 saturated heterocycles. The average Bonchev–Trinajstić information content (AvgIpc) is 3.25. The van der Waals surface area contributed by atoms with Crippen molar-refractivity contribution in [3.8, 4) is 0 Å². The Kier molecular flexibility index (Phi) is 5.87. The van der Waals surface area contributed by atoms with Crippen LogP contribution in [0, 0.1) is 0 Å². The van der Waals surface area contributed by atoms with Crippen molar-refractivity contribution in [3.63, 3.8) is 0 Å². The lowest BCUT2D eigenvalue weighted by molar-refractivity contribution is -0.141. The van der Waals surface area contributed by atoms with Gasteiger partial charge >= 0.3 is 11.9 Å². The van der Waals surface area contributed by atoms with Crippen LogP contribution in [0.1, 0.15) is 25.0 Å². The summed E-state index contributed by atoms with van der Waals surface area (Å²) in [6, 6.07) is 20.8. The Labute approximate surface area is 207 Å². The molecule has 0 spiro atoms. The third kappa shape index (κ3) is 4.19. The second kappa shape index (κ2) is 9.01. The minimum Gasteiger partial charge on any atom is -0.457 e. The fraction of sp³-hybridized carbons (Fsp3) is 0.133. The third-order valence-corrected chi connectivity index (χ3v) is 7.26. The summed E-state index contributed by atoms with van der Waals surface area (Å²) in [5.74, 6) is -0.768. The molecule has 0 saturated carbocycles. The van der Waals surface area contributed by atoms with Crippen molar-refractivity contribution in [2.24, 2.45) is 0 Å². The van der Waals surface area contributed by atoms with Gasteiger partial charge in [0.1, 0.15) is 13.2 Å². The molecule has 0 aliphatic rings. The minimum atomic E-state index is -0.384. The van der Waals surface area contributed by atoms with Gasteiger partial charge in [0.05, 0.1) is 0 Å². The molecule has 4 nitrogen and oxygen atoms in total. The van der Waals surface area contributed by atoms with Gasteiger partial charge in [-0.25, -0.2) is 9.59 Å². The maximum atomic E-state index is 11.9. The summed E-state index contributed by atoms with van der Waals surface area (Å²) in [4.78, 5) is 23.6. The Morgan fingerprint density at radius 2 is 1.46 bits per heavy atom. The molecule has 0 atom stereocenters. The summed E-state index contributed by atoms with van der Waals surface area (Å²) in [6.07, 6.45) is 0. The number of hydrogen-bond acceptors (Lipinski definition) is 5. The quantitative estimate of drug-likeness (QED) is 0.185. The van der Waals surface area contributed by atoms with Crippen molar-refractivity contribution in [2.45, 2.75) is 27.1 Å². The van der Waals surface area contributed by atoms with Crippen LogP contribution in [0.4, 0.5) is 0 Å². The van der Waals surface area contributed by atoms with Crippen LogP contribution in [-0.4, -0.2) is 11.9 Å². The van der Waals surface area contributed by atoms with E-state index in [4.69, 9.17) is 9.47 Å². The van der Waals surface area contributed by atoms with Crippen molar-refractivity contribution in [2.75, 3.05) is 0 Å². The van der Waals surface area contributed by atoms with Crippen molar-refractivity contribution >= 4 is 65.0 Å². The molecule has 0 unspecified atom stereocenters. The highest BCUT2D eigenvalue weighted by molar-refractivity contribution is 7.26. The molecule has 5 heteroatoms. The minimum absolute atomic E-state index is 0.209. The molecule has 0 fully saturated rings. The van der Waals surface area contributed by atoms with Gasteiger partial charge in [0.25, 0.3) is 0 Å². The normalized spacial score (nSPS) is 11.3. The third-order valence-electron chi connectivity index (χ3n) is 6.06. The first-order chi connectivity index (χ1) is 16.8. The van der Waals surface area contributed by atoms with Gasteiger partial charge in [-0.1, -0.05) is 61.7 Å². The molecule has 0 N–H and O–H groups in total. The van der Waals surface area contributed by atoms with Crippen LogP contribution in [0.2, 0.25) is 0 Å². The summed E-state index contributed by atoms with van der Waals surface area (Å²) in [6.45, 7) is 11.0. The molecule has 1 heterocycles. The van der Waals surface area contributed by atoms with E-state index in [0.29, 0.717) is 11.1 Å². The molecule has 0 amide bonds. The van der Waals surface area contributed by atoms with Gasteiger partial charge in [-0.3, -0.25) is 0 Å². The number of ether oxygens (including phenoxy) is 2. The standard InChI is InChI=1S/C30H24O4S/c1-17(2)29(31)33-15-19-8-10-23-20(14-19)9-13-26-27(23)25-12-11-22-21(16-34-30(32)18(3)4)6-5-7-24(22)28(25)35-26/h5-14H,1,3,15-16H2,2,4H3. The topological polar surface area (TPSA) is 52.6 Å². The first-order valence-electron chi connectivity index (χ1n) is 11.3. The lowest BCUT2D eigenvalue weighted by Crippen LogP contribution is -2.05. The van der Waals surface area contributed by atoms with Crippen molar-refractivity contribution in [3.05, 3.63) is 96.1 Å². The zero-order valence-electron chi connectivity index (χ0n) is 19.6. The predicted octanol–water partition coefficient (Wildman–Crippen LogP) is 7.60. The molecule has 4 aromatic carbocycles. The Morgan fingerprint density at radius 1 is 0.771 bits per heavy atom. The second-order valence-corrected chi connectivity index (χ2v) is 9.82. The van der Waals surface area contributed by atoms with Crippen molar-refractivity contribution < 1.29 is 19.1 Å². The van der Waals surface area contributed by atoms with Gasteiger partial charge in [-0.15, -0.1) is 11.3 Å². The largest absolute Gasteiger partial charge is 0.457 e. The lowest BCUT2D eigenvalue weighted by Gasteiger charge is -2.09. The van der Waals surface area contributed by atoms with Crippen LogP contribution in [-0.2, 0) is 32.3 Å². The average molecular weight is 481 g/mol. The number of esters is 2. The van der Waals surface area contributed by atoms with Gasteiger partial charge in [0, 0.05) is 31.3 Å². The van der Waals surface area contributed by atoms with Crippen molar-refractivity contribution in [1.82, 2.24) is 0 Å². The molecule has 0 bridgehead atoms.